The topological polar surface area (TPSA) is 0 Å². The number of fused-ring (bicyclic) bond motifs is 6. The van der Waals surface area contributed by atoms with Gasteiger partial charge in [-0.25, -0.2) is 0 Å². The third-order valence-corrected chi connectivity index (χ3v) is 12.9. The van der Waals surface area contributed by atoms with E-state index in [0.717, 1.165) is 0 Å². The minimum atomic E-state index is 1.21. The standard InChI is InChI=1S/C54H32S/c1-3-14-33(15-4-1)36-30-37(39-28-29-48-52-41(39)23-13-24-42(52)40-20-9-10-27-47(40)55-48)32-38(31-36)51-44-22-8-7-21-43(44)50(35-16-5-2-6-17-35)53-45-25-11-18-34-19-12-26-46(49(34)45)54(51)53/h1-32H. The molecule has 0 aromatic heterocycles. The van der Waals surface area contributed by atoms with Gasteiger partial charge in [-0.2, -0.15) is 0 Å². The van der Waals surface area contributed by atoms with E-state index in [9.17, 15) is 0 Å². The van der Waals surface area contributed by atoms with Crippen molar-refractivity contribution >= 4 is 44.1 Å². The van der Waals surface area contributed by atoms with Crippen molar-refractivity contribution in [2.75, 3.05) is 0 Å². The van der Waals surface area contributed by atoms with Crippen LogP contribution in [0.2, 0.25) is 0 Å². The molecule has 0 N–H and O–H groups in total. The molecular weight excluding hydrogens is 681 g/mol. The molecule has 2 aliphatic rings. The first-order valence-corrected chi connectivity index (χ1v) is 19.8. The maximum atomic E-state index is 2.47. The van der Waals surface area contributed by atoms with Crippen LogP contribution in [0.25, 0.3) is 110 Å². The number of benzene rings is 10. The molecule has 12 rings (SSSR count). The zero-order chi connectivity index (χ0) is 36.0. The Hall–Kier alpha value is -6.67. The Balaban J connectivity index is 1.21. The molecule has 1 heteroatoms. The summed E-state index contributed by atoms with van der Waals surface area (Å²) in [6, 6.07) is 72.3. The summed E-state index contributed by atoms with van der Waals surface area (Å²) < 4.78 is 0. The van der Waals surface area contributed by atoms with Crippen LogP contribution in [0.1, 0.15) is 0 Å². The lowest BCUT2D eigenvalue weighted by Crippen LogP contribution is -1.96. The van der Waals surface area contributed by atoms with Crippen molar-refractivity contribution in [3.8, 4) is 77.9 Å². The minimum Gasteiger partial charge on any atom is -0.0888 e. The van der Waals surface area contributed by atoms with E-state index >= 15 is 0 Å². The van der Waals surface area contributed by atoms with Gasteiger partial charge in [-0.05, 0) is 135 Å². The van der Waals surface area contributed by atoms with E-state index in [-0.39, 0.29) is 0 Å². The molecule has 1 aliphatic heterocycles. The van der Waals surface area contributed by atoms with Gasteiger partial charge in [0.05, 0.1) is 0 Å². The van der Waals surface area contributed by atoms with Gasteiger partial charge in [0.15, 0.2) is 0 Å². The zero-order valence-electron chi connectivity index (χ0n) is 29.9. The first-order chi connectivity index (χ1) is 27.3. The lowest BCUT2D eigenvalue weighted by Gasteiger charge is -2.23. The summed E-state index contributed by atoms with van der Waals surface area (Å²) >= 11 is 1.88. The average Bonchev–Trinajstić information content (AvgIpc) is 3.58. The maximum Gasteiger partial charge on any atom is 0.0207 e. The second kappa shape index (κ2) is 11.9. The van der Waals surface area contributed by atoms with E-state index in [1.807, 2.05) is 11.8 Å². The normalized spacial score (nSPS) is 12.3. The fourth-order valence-electron chi connectivity index (χ4n) is 9.50. The van der Waals surface area contributed by atoms with Crippen molar-refractivity contribution in [2.24, 2.45) is 0 Å². The molecule has 0 spiro atoms. The van der Waals surface area contributed by atoms with Gasteiger partial charge >= 0.3 is 0 Å². The summed E-state index contributed by atoms with van der Waals surface area (Å²) in [6.45, 7) is 0. The number of rotatable bonds is 4. The van der Waals surface area contributed by atoms with Crippen LogP contribution < -0.4 is 0 Å². The Labute approximate surface area is 324 Å². The Kier molecular flexibility index (Phi) is 6.66. The van der Waals surface area contributed by atoms with E-state index < -0.39 is 0 Å². The summed E-state index contributed by atoms with van der Waals surface area (Å²) in [7, 11) is 0. The molecule has 0 bridgehead atoms. The summed E-state index contributed by atoms with van der Waals surface area (Å²) in [4.78, 5) is 2.64. The Bertz CT molecular complexity index is 3200. The molecule has 1 aliphatic carbocycles. The van der Waals surface area contributed by atoms with Gasteiger partial charge in [0.1, 0.15) is 0 Å². The van der Waals surface area contributed by atoms with Crippen molar-refractivity contribution < 1.29 is 0 Å². The fraction of sp³-hybridized carbons (Fsp3) is 0. The van der Waals surface area contributed by atoms with Gasteiger partial charge < -0.3 is 0 Å². The first kappa shape index (κ1) is 30.8. The smallest absolute Gasteiger partial charge is 0.0207 e. The first-order valence-electron chi connectivity index (χ1n) is 19.0. The molecule has 254 valence electrons. The molecule has 0 amide bonds. The van der Waals surface area contributed by atoms with Gasteiger partial charge in [-0.1, -0.05) is 176 Å². The predicted octanol–water partition coefficient (Wildman–Crippen LogP) is 15.6. The predicted molar refractivity (Wildman–Crippen MR) is 235 cm³/mol. The third kappa shape index (κ3) is 4.54. The highest BCUT2D eigenvalue weighted by Crippen LogP contribution is 2.58. The SMILES string of the molecule is c1ccc(-c2cc(-c3c4c(c(-c5ccccc5)c5ccccc35)-c3cccc5cccc-4c35)cc(-c3ccc4c5c(cccc35)-c3ccccc3S4)c2)cc1. The van der Waals surface area contributed by atoms with Crippen LogP contribution in [0.5, 0.6) is 0 Å². The molecule has 10 aromatic carbocycles. The van der Waals surface area contributed by atoms with Gasteiger partial charge in [0.25, 0.3) is 0 Å². The summed E-state index contributed by atoms with van der Waals surface area (Å²) in [5.74, 6) is 0. The summed E-state index contributed by atoms with van der Waals surface area (Å²) in [5, 5.41) is 7.80. The summed E-state index contributed by atoms with van der Waals surface area (Å²) in [6.07, 6.45) is 0. The zero-order valence-corrected chi connectivity index (χ0v) is 30.7. The second-order valence-corrected chi connectivity index (χ2v) is 15.8. The van der Waals surface area contributed by atoms with Crippen molar-refractivity contribution in [1.29, 1.82) is 0 Å². The largest absolute Gasteiger partial charge is 0.0888 e. The van der Waals surface area contributed by atoms with E-state index in [1.54, 1.807) is 0 Å². The monoisotopic (exact) mass is 712 g/mol. The highest BCUT2D eigenvalue weighted by Gasteiger charge is 2.31. The Morgan fingerprint density at radius 3 is 1.55 bits per heavy atom. The maximum absolute atomic E-state index is 2.47. The van der Waals surface area contributed by atoms with E-state index in [1.165, 1.54) is 120 Å². The van der Waals surface area contributed by atoms with Crippen LogP contribution in [0, 0.1) is 0 Å². The van der Waals surface area contributed by atoms with Crippen molar-refractivity contribution in [1.82, 2.24) is 0 Å². The molecule has 55 heavy (non-hydrogen) atoms. The molecule has 0 saturated carbocycles. The van der Waals surface area contributed by atoms with Crippen molar-refractivity contribution in [3.05, 3.63) is 194 Å². The van der Waals surface area contributed by atoms with Gasteiger partial charge in [-0.3, -0.25) is 0 Å². The number of hydrogen-bond donors (Lipinski definition) is 0. The van der Waals surface area contributed by atoms with E-state index in [4.69, 9.17) is 0 Å². The molecule has 0 radical (unpaired) electrons. The molecule has 0 atom stereocenters. The van der Waals surface area contributed by atoms with Crippen molar-refractivity contribution in [2.45, 2.75) is 9.79 Å². The lowest BCUT2D eigenvalue weighted by molar-refractivity contribution is 1.40. The fourth-order valence-corrected chi connectivity index (χ4v) is 10.6. The van der Waals surface area contributed by atoms with Crippen LogP contribution in [0.4, 0.5) is 0 Å². The van der Waals surface area contributed by atoms with Crippen LogP contribution in [-0.2, 0) is 0 Å². The van der Waals surface area contributed by atoms with E-state index in [2.05, 4.69) is 194 Å². The van der Waals surface area contributed by atoms with Crippen LogP contribution >= 0.6 is 11.8 Å². The average molecular weight is 713 g/mol. The minimum absolute atomic E-state index is 1.21. The van der Waals surface area contributed by atoms with Gasteiger partial charge in [-0.15, -0.1) is 0 Å². The molecular formula is C54H32S. The molecule has 10 aromatic rings. The highest BCUT2D eigenvalue weighted by atomic mass is 32.2. The van der Waals surface area contributed by atoms with Crippen LogP contribution in [0.3, 0.4) is 0 Å². The molecule has 0 saturated heterocycles. The molecule has 0 nitrogen and oxygen atoms in total. The highest BCUT2D eigenvalue weighted by molar-refractivity contribution is 7.99. The second-order valence-electron chi connectivity index (χ2n) is 14.7. The molecule has 0 fully saturated rings. The third-order valence-electron chi connectivity index (χ3n) is 11.8. The molecule has 0 unspecified atom stereocenters. The Morgan fingerprint density at radius 1 is 0.255 bits per heavy atom. The van der Waals surface area contributed by atoms with Crippen LogP contribution in [-0.4, -0.2) is 0 Å². The summed E-state index contributed by atoms with van der Waals surface area (Å²) in [5.41, 5.74) is 17.9. The van der Waals surface area contributed by atoms with E-state index in [0.29, 0.717) is 0 Å². The molecule has 1 heterocycles. The quantitative estimate of drug-likeness (QED) is 0.175. The lowest BCUT2D eigenvalue weighted by atomic mass is 9.81. The van der Waals surface area contributed by atoms with Crippen LogP contribution in [0.15, 0.2) is 204 Å². The number of hydrogen-bond acceptors (Lipinski definition) is 1. The Morgan fingerprint density at radius 2 is 0.800 bits per heavy atom. The van der Waals surface area contributed by atoms with Crippen molar-refractivity contribution in [3.63, 3.8) is 0 Å². The van der Waals surface area contributed by atoms with Gasteiger partial charge in [0, 0.05) is 15.2 Å². The van der Waals surface area contributed by atoms with Gasteiger partial charge in [0.2, 0.25) is 0 Å².